The Morgan fingerprint density at radius 2 is 2.11 bits per heavy atom. The fraction of sp³-hybridized carbons (Fsp3) is 0.619. The van der Waals surface area contributed by atoms with Gasteiger partial charge in [0, 0.05) is 19.6 Å². The summed E-state index contributed by atoms with van der Waals surface area (Å²) in [4.78, 5) is 31.4. The average Bonchev–Trinajstić information content (AvgIpc) is 3.42. The van der Waals surface area contributed by atoms with Crippen molar-refractivity contribution in [2.45, 2.75) is 50.8 Å². The van der Waals surface area contributed by atoms with E-state index >= 15 is 0 Å². The lowest BCUT2D eigenvalue weighted by Gasteiger charge is -2.29. The Bertz CT molecular complexity index is 642. The Labute approximate surface area is 166 Å². The minimum absolute atomic E-state index is 0.163. The molecular weight excluding hydrogens is 358 g/mol. The van der Waals surface area contributed by atoms with Gasteiger partial charge in [-0.25, -0.2) is 5.06 Å². The number of nitrogens with zero attached hydrogens (tertiary/aromatic N) is 1. The second-order valence-corrected chi connectivity index (χ2v) is 7.57. The molecule has 2 saturated heterocycles. The molecule has 28 heavy (non-hydrogen) atoms. The lowest BCUT2D eigenvalue weighted by molar-refractivity contribution is -0.172. The summed E-state index contributed by atoms with van der Waals surface area (Å²) in [5.41, 5.74) is 0.994. The van der Waals surface area contributed by atoms with E-state index in [1.54, 1.807) is 7.11 Å². The molecule has 7 heteroatoms. The SMILES string of the molecule is COC(C1CCCN1)C(C)C(=O)NC(Cc1ccccc1)C(=O)N1CCCO1. The minimum atomic E-state index is -0.663. The van der Waals surface area contributed by atoms with Crippen LogP contribution in [0.2, 0.25) is 0 Å². The van der Waals surface area contributed by atoms with Crippen molar-refractivity contribution in [1.29, 1.82) is 0 Å². The summed E-state index contributed by atoms with van der Waals surface area (Å²) in [6.45, 7) is 3.90. The standard InChI is InChI=1S/C21H31N3O4/c1-15(19(27-2)17-10-6-11-22-17)20(25)23-18(14-16-8-4-3-5-9-16)21(26)24-12-7-13-28-24/h3-5,8-9,15,17-19,22H,6-7,10-14H2,1-2H3,(H,23,25). The first-order valence-corrected chi connectivity index (χ1v) is 10.1. The van der Waals surface area contributed by atoms with Crippen molar-refractivity contribution in [2.24, 2.45) is 5.92 Å². The second kappa shape index (κ2) is 10.0. The van der Waals surface area contributed by atoms with Crippen LogP contribution < -0.4 is 10.6 Å². The molecule has 2 amide bonds. The maximum atomic E-state index is 13.0. The summed E-state index contributed by atoms with van der Waals surface area (Å²) in [6.07, 6.45) is 3.09. The molecule has 0 saturated carbocycles. The highest BCUT2D eigenvalue weighted by atomic mass is 16.7. The van der Waals surface area contributed by atoms with Gasteiger partial charge < -0.3 is 15.4 Å². The first-order chi connectivity index (χ1) is 13.6. The van der Waals surface area contributed by atoms with Gasteiger partial charge in [-0.3, -0.25) is 14.4 Å². The van der Waals surface area contributed by atoms with Crippen molar-refractivity contribution in [3.05, 3.63) is 35.9 Å². The Kier molecular flexibility index (Phi) is 7.42. The first-order valence-electron chi connectivity index (χ1n) is 10.1. The molecule has 154 valence electrons. The number of carbonyl (C=O) groups is 2. The molecule has 0 radical (unpaired) electrons. The van der Waals surface area contributed by atoms with E-state index in [0.717, 1.165) is 31.4 Å². The first kappa shape index (κ1) is 20.8. The number of carbonyl (C=O) groups excluding carboxylic acids is 2. The van der Waals surface area contributed by atoms with E-state index in [-0.39, 0.29) is 29.9 Å². The van der Waals surface area contributed by atoms with E-state index in [2.05, 4.69) is 10.6 Å². The topological polar surface area (TPSA) is 79.9 Å². The average molecular weight is 389 g/mol. The van der Waals surface area contributed by atoms with E-state index in [0.29, 0.717) is 19.6 Å². The fourth-order valence-corrected chi connectivity index (χ4v) is 4.01. The van der Waals surface area contributed by atoms with Gasteiger partial charge in [0.2, 0.25) is 5.91 Å². The lowest BCUT2D eigenvalue weighted by atomic mass is 9.95. The van der Waals surface area contributed by atoms with E-state index in [9.17, 15) is 9.59 Å². The van der Waals surface area contributed by atoms with Gasteiger partial charge in [-0.05, 0) is 31.4 Å². The van der Waals surface area contributed by atoms with Gasteiger partial charge in [0.15, 0.2) is 0 Å². The van der Waals surface area contributed by atoms with Crippen LogP contribution in [0.3, 0.4) is 0 Å². The molecule has 1 aromatic rings. The highest BCUT2D eigenvalue weighted by Gasteiger charge is 2.36. The van der Waals surface area contributed by atoms with E-state index in [1.807, 2.05) is 37.3 Å². The molecule has 4 atom stereocenters. The van der Waals surface area contributed by atoms with Crippen LogP contribution in [-0.2, 0) is 25.6 Å². The molecule has 1 aromatic carbocycles. The summed E-state index contributed by atoms with van der Waals surface area (Å²) in [5, 5.41) is 7.75. The van der Waals surface area contributed by atoms with Gasteiger partial charge in [0.25, 0.3) is 5.91 Å². The lowest BCUT2D eigenvalue weighted by Crippen LogP contribution is -2.53. The highest BCUT2D eigenvalue weighted by molar-refractivity contribution is 5.88. The Balaban J connectivity index is 1.69. The zero-order valence-corrected chi connectivity index (χ0v) is 16.7. The molecule has 2 N–H and O–H groups in total. The number of ether oxygens (including phenoxy) is 1. The largest absolute Gasteiger partial charge is 0.379 e. The van der Waals surface area contributed by atoms with E-state index in [4.69, 9.17) is 9.57 Å². The monoisotopic (exact) mass is 389 g/mol. The number of hydrogen-bond acceptors (Lipinski definition) is 5. The molecule has 3 rings (SSSR count). The van der Waals surface area contributed by atoms with Gasteiger partial charge >= 0.3 is 0 Å². The van der Waals surface area contributed by atoms with Crippen LogP contribution in [0.4, 0.5) is 0 Å². The summed E-state index contributed by atoms with van der Waals surface area (Å²) < 4.78 is 5.63. The smallest absolute Gasteiger partial charge is 0.269 e. The van der Waals surface area contributed by atoms with Crippen molar-refractivity contribution >= 4 is 11.8 Å². The summed E-state index contributed by atoms with van der Waals surface area (Å²) >= 11 is 0. The molecule has 2 aliphatic heterocycles. The minimum Gasteiger partial charge on any atom is -0.379 e. The molecule has 7 nitrogen and oxygen atoms in total. The molecule has 0 spiro atoms. The molecule has 0 aromatic heterocycles. The van der Waals surface area contributed by atoms with Crippen LogP contribution in [-0.4, -0.2) is 61.9 Å². The van der Waals surface area contributed by atoms with Crippen LogP contribution in [0, 0.1) is 5.92 Å². The maximum absolute atomic E-state index is 13.0. The van der Waals surface area contributed by atoms with Crippen LogP contribution in [0.1, 0.15) is 31.7 Å². The van der Waals surface area contributed by atoms with Crippen molar-refractivity contribution < 1.29 is 19.2 Å². The third-order valence-electron chi connectivity index (χ3n) is 5.57. The van der Waals surface area contributed by atoms with Gasteiger partial charge in [-0.2, -0.15) is 0 Å². The van der Waals surface area contributed by atoms with Gasteiger partial charge in [-0.1, -0.05) is 37.3 Å². The fourth-order valence-electron chi connectivity index (χ4n) is 4.01. The number of hydrogen-bond donors (Lipinski definition) is 2. The zero-order chi connectivity index (χ0) is 19.9. The van der Waals surface area contributed by atoms with Crippen LogP contribution in [0.25, 0.3) is 0 Å². The molecule has 0 aliphatic carbocycles. The second-order valence-electron chi connectivity index (χ2n) is 7.57. The van der Waals surface area contributed by atoms with Crippen molar-refractivity contribution in [3.63, 3.8) is 0 Å². The van der Waals surface area contributed by atoms with Crippen molar-refractivity contribution in [1.82, 2.24) is 15.7 Å². The van der Waals surface area contributed by atoms with Crippen LogP contribution in [0.15, 0.2) is 30.3 Å². The van der Waals surface area contributed by atoms with Gasteiger partial charge in [-0.15, -0.1) is 0 Å². The third kappa shape index (κ3) is 5.10. The summed E-state index contributed by atoms with van der Waals surface area (Å²) in [6, 6.07) is 9.21. The zero-order valence-electron chi connectivity index (χ0n) is 16.7. The van der Waals surface area contributed by atoms with Gasteiger partial charge in [0.05, 0.1) is 25.2 Å². The quantitative estimate of drug-likeness (QED) is 0.700. The van der Waals surface area contributed by atoms with Gasteiger partial charge in [0.1, 0.15) is 6.04 Å². The Morgan fingerprint density at radius 3 is 2.71 bits per heavy atom. The van der Waals surface area contributed by atoms with Crippen molar-refractivity contribution in [3.8, 4) is 0 Å². The van der Waals surface area contributed by atoms with Crippen LogP contribution in [0.5, 0.6) is 0 Å². The van der Waals surface area contributed by atoms with E-state index in [1.165, 1.54) is 5.06 Å². The number of rotatable bonds is 8. The predicted molar refractivity (Wildman–Crippen MR) is 105 cm³/mol. The number of hydroxylamine groups is 2. The number of benzene rings is 1. The normalized spacial score (nSPS) is 22.6. The number of methoxy groups -OCH3 is 1. The third-order valence-corrected chi connectivity index (χ3v) is 5.57. The summed E-state index contributed by atoms with van der Waals surface area (Å²) in [5.74, 6) is -0.741. The molecule has 2 heterocycles. The molecular formula is C21H31N3O4. The predicted octanol–water partition coefficient (Wildman–Crippen LogP) is 1.28. The summed E-state index contributed by atoms with van der Waals surface area (Å²) in [7, 11) is 1.64. The molecule has 0 bridgehead atoms. The highest BCUT2D eigenvalue weighted by Crippen LogP contribution is 2.19. The van der Waals surface area contributed by atoms with Crippen molar-refractivity contribution in [2.75, 3.05) is 26.8 Å². The molecule has 4 unspecified atom stereocenters. The molecule has 2 fully saturated rings. The molecule has 2 aliphatic rings. The Morgan fingerprint density at radius 1 is 1.32 bits per heavy atom. The van der Waals surface area contributed by atoms with Crippen LogP contribution >= 0.6 is 0 Å². The number of nitrogens with one attached hydrogen (secondary N) is 2. The van der Waals surface area contributed by atoms with E-state index < -0.39 is 6.04 Å². The maximum Gasteiger partial charge on any atom is 0.269 e. The number of amides is 2. The Hall–Kier alpha value is -1.96.